The lowest BCUT2D eigenvalue weighted by atomic mass is 10.0. The Morgan fingerprint density at radius 3 is 2.72 bits per heavy atom. The number of likely N-dealkylation sites (tertiary alicyclic amines) is 2. The second-order valence-corrected chi connectivity index (χ2v) is 8.77. The summed E-state index contributed by atoms with van der Waals surface area (Å²) in [7, 11) is 0. The number of hydrogen-bond acceptors (Lipinski definition) is 4. The van der Waals surface area contributed by atoms with Gasteiger partial charge in [-0.1, -0.05) is 18.2 Å². The van der Waals surface area contributed by atoms with Crippen LogP contribution in [0.15, 0.2) is 53.6 Å². The number of fused-ring (bicyclic) bond motifs is 1. The molecule has 2 aliphatic heterocycles. The number of aromatic nitrogens is 3. The standard InChI is InChI=1S/C24H30N6O2/c31-23(26-17-18-6-5-12-25-16-18)29-13-4-3-9-22(29)28-14-10-19(11-15-28)30-21-8-2-1-7-20(21)27-24(30)32/h1-2,5-8,12,16,19,22H,3-4,9-11,13-15,17H2,(H,26,31)(H,27,32). The van der Waals surface area contributed by atoms with E-state index < -0.39 is 0 Å². The quantitative estimate of drug-likeness (QED) is 0.661. The zero-order valence-electron chi connectivity index (χ0n) is 18.2. The first kappa shape index (κ1) is 20.8. The SMILES string of the molecule is O=C(NCc1cccnc1)N1CCCCC1N1CCC(n2c(=O)[nH]c3ccccc32)CC1. The zero-order chi connectivity index (χ0) is 21.9. The molecule has 2 amide bonds. The second kappa shape index (κ2) is 9.16. The molecule has 32 heavy (non-hydrogen) atoms. The number of para-hydroxylation sites is 2. The molecule has 1 unspecified atom stereocenters. The largest absolute Gasteiger partial charge is 0.334 e. The first-order valence-corrected chi connectivity index (χ1v) is 11.6. The lowest BCUT2D eigenvalue weighted by Crippen LogP contribution is -2.57. The maximum absolute atomic E-state index is 13.0. The van der Waals surface area contributed by atoms with E-state index in [2.05, 4.69) is 20.2 Å². The van der Waals surface area contributed by atoms with Gasteiger partial charge in [-0.2, -0.15) is 0 Å². The van der Waals surface area contributed by atoms with Crippen LogP contribution in [0.1, 0.15) is 43.7 Å². The summed E-state index contributed by atoms with van der Waals surface area (Å²) in [5.74, 6) is 0. The zero-order valence-corrected chi connectivity index (χ0v) is 18.2. The number of H-pyrrole nitrogens is 1. The Bertz CT molecular complexity index is 1120. The first-order chi connectivity index (χ1) is 15.7. The van der Waals surface area contributed by atoms with Crippen molar-refractivity contribution in [3.05, 3.63) is 64.8 Å². The Morgan fingerprint density at radius 2 is 1.91 bits per heavy atom. The highest BCUT2D eigenvalue weighted by molar-refractivity contribution is 5.75. The maximum atomic E-state index is 13.0. The van der Waals surface area contributed by atoms with E-state index in [9.17, 15) is 9.59 Å². The van der Waals surface area contributed by atoms with Gasteiger partial charge in [-0.15, -0.1) is 0 Å². The van der Waals surface area contributed by atoms with Crippen LogP contribution in [0.3, 0.4) is 0 Å². The molecule has 1 atom stereocenters. The van der Waals surface area contributed by atoms with Crippen LogP contribution in [0.4, 0.5) is 4.79 Å². The summed E-state index contributed by atoms with van der Waals surface area (Å²) in [6, 6.07) is 11.9. The normalized spacial score (nSPS) is 20.5. The van der Waals surface area contributed by atoms with E-state index in [4.69, 9.17) is 0 Å². The molecular formula is C24H30N6O2. The van der Waals surface area contributed by atoms with Crippen molar-refractivity contribution in [2.75, 3.05) is 19.6 Å². The number of nitrogens with zero attached hydrogens (tertiary/aromatic N) is 4. The third-order valence-electron chi connectivity index (χ3n) is 6.81. The van der Waals surface area contributed by atoms with Crippen molar-refractivity contribution in [1.82, 2.24) is 29.7 Å². The smallest absolute Gasteiger partial charge is 0.326 e. The Kier molecular flexibility index (Phi) is 5.94. The van der Waals surface area contributed by atoms with E-state index in [1.165, 1.54) is 0 Å². The van der Waals surface area contributed by atoms with Gasteiger partial charge in [0.15, 0.2) is 0 Å². The second-order valence-electron chi connectivity index (χ2n) is 8.77. The molecule has 2 aliphatic rings. The molecule has 3 aromatic rings. The average molecular weight is 435 g/mol. The van der Waals surface area contributed by atoms with Crippen LogP contribution in [0.5, 0.6) is 0 Å². The van der Waals surface area contributed by atoms with Crippen molar-refractivity contribution in [2.24, 2.45) is 0 Å². The summed E-state index contributed by atoms with van der Waals surface area (Å²) in [6.07, 6.45) is 8.63. The van der Waals surface area contributed by atoms with Crippen LogP contribution in [0, 0.1) is 0 Å². The van der Waals surface area contributed by atoms with Crippen molar-refractivity contribution in [3.63, 3.8) is 0 Å². The molecule has 2 saturated heterocycles. The number of amides is 2. The number of imidazole rings is 1. The number of rotatable bonds is 4. The fourth-order valence-electron chi connectivity index (χ4n) is 5.19. The van der Waals surface area contributed by atoms with Crippen LogP contribution in [-0.2, 0) is 6.54 Å². The number of aromatic amines is 1. The van der Waals surface area contributed by atoms with Crippen LogP contribution >= 0.6 is 0 Å². The molecule has 4 heterocycles. The minimum absolute atomic E-state index is 0.00600. The number of hydrogen-bond donors (Lipinski definition) is 2. The molecule has 2 fully saturated rings. The molecule has 0 spiro atoms. The molecule has 0 bridgehead atoms. The molecule has 8 nitrogen and oxygen atoms in total. The number of carbonyl (C=O) groups is 1. The fourth-order valence-corrected chi connectivity index (χ4v) is 5.19. The van der Waals surface area contributed by atoms with Gasteiger partial charge in [0.2, 0.25) is 0 Å². The highest BCUT2D eigenvalue weighted by Crippen LogP contribution is 2.29. The minimum atomic E-state index is -0.0290. The fraction of sp³-hybridized carbons (Fsp3) is 0.458. The third-order valence-corrected chi connectivity index (χ3v) is 6.81. The number of urea groups is 1. The number of nitrogens with one attached hydrogen (secondary N) is 2. The molecule has 5 rings (SSSR count). The molecule has 1 aromatic carbocycles. The third kappa shape index (κ3) is 4.14. The molecule has 0 aliphatic carbocycles. The molecule has 168 valence electrons. The van der Waals surface area contributed by atoms with Gasteiger partial charge in [0.05, 0.1) is 17.2 Å². The van der Waals surface area contributed by atoms with Gasteiger partial charge in [0.25, 0.3) is 0 Å². The van der Waals surface area contributed by atoms with Crippen molar-refractivity contribution in [1.29, 1.82) is 0 Å². The number of pyridine rings is 1. The Morgan fingerprint density at radius 1 is 1.06 bits per heavy atom. The van der Waals surface area contributed by atoms with Crippen LogP contribution < -0.4 is 11.0 Å². The van der Waals surface area contributed by atoms with E-state index >= 15 is 0 Å². The van der Waals surface area contributed by atoms with E-state index in [0.717, 1.165) is 68.3 Å². The van der Waals surface area contributed by atoms with Gasteiger partial charge in [-0.25, -0.2) is 9.59 Å². The summed E-state index contributed by atoms with van der Waals surface area (Å²) in [4.78, 5) is 37.1. The monoisotopic (exact) mass is 434 g/mol. The van der Waals surface area contributed by atoms with E-state index in [1.54, 1.807) is 12.4 Å². The van der Waals surface area contributed by atoms with Gasteiger partial charge < -0.3 is 15.2 Å². The predicted octanol–water partition coefficient (Wildman–Crippen LogP) is 3.08. The molecule has 8 heteroatoms. The number of carbonyl (C=O) groups excluding carboxylic acids is 1. The summed E-state index contributed by atoms with van der Waals surface area (Å²) in [5, 5.41) is 3.07. The molecule has 0 radical (unpaired) electrons. The van der Waals surface area contributed by atoms with Crippen LogP contribution in [0.2, 0.25) is 0 Å². The Hall–Kier alpha value is -3.13. The highest BCUT2D eigenvalue weighted by Gasteiger charge is 2.34. The van der Waals surface area contributed by atoms with E-state index in [-0.39, 0.29) is 23.9 Å². The molecule has 2 N–H and O–H groups in total. The summed E-state index contributed by atoms with van der Waals surface area (Å²) < 4.78 is 1.92. The predicted molar refractivity (Wildman–Crippen MR) is 123 cm³/mol. The van der Waals surface area contributed by atoms with E-state index in [0.29, 0.717) is 6.54 Å². The van der Waals surface area contributed by atoms with Gasteiger partial charge in [0.1, 0.15) is 0 Å². The minimum Gasteiger partial charge on any atom is -0.334 e. The van der Waals surface area contributed by atoms with Gasteiger partial charge in [-0.05, 0) is 55.9 Å². The number of piperidine rings is 2. The topological polar surface area (TPSA) is 86.3 Å². The summed E-state index contributed by atoms with van der Waals surface area (Å²) in [5.41, 5.74) is 2.84. The number of benzene rings is 1. The maximum Gasteiger partial charge on any atom is 0.326 e. The summed E-state index contributed by atoms with van der Waals surface area (Å²) in [6.45, 7) is 3.04. The van der Waals surface area contributed by atoms with Gasteiger partial charge in [-0.3, -0.25) is 14.5 Å². The van der Waals surface area contributed by atoms with Gasteiger partial charge in [0, 0.05) is 44.6 Å². The summed E-state index contributed by atoms with van der Waals surface area (Å²) >= 11 is 0. The van der Waals surface area contributed by atoms with Crippen molar-refractivity contribution in [3.8, 4) is 0 Å². The molecule has 0 saturated carbocycles. The van der Waals surface area contributed by atoms with Crippen LogP contribution in [-0.4, -0.2) is 56.2 Å². The van der Waals surface area contributed by atoms with Crippen molar-refractivity contribution in [2.45, 2.75) is 50.9 Å². The Balaban J connectivity index is 1.24. The molecule has 2 aromatic heterocycles. The highest BCUT2D eigenvalue weighted by atomic mass is 16.2. The van der Waals surface area contributed by atoms with Crippen molar-refractivity contribution >= 4 is 17.1 Å². The lowest BCUT2D eigenvalue weighted by Gasteiger charge is -2.45. The average Bonchev–Trinajstić information content (AvgIpc) is 3.19. The first-order valence-electron chi connectivity index (χ1n) is 11.6. The lowest BCUT2D eigenvalue weighted by molar-refractivity contribution is 0.0184. The van der Waals surface area contributed by atoms with Gasteiger partial charge >= 0.3 is 11.7 Å². The Labute approximate surface area is 187 Å². The molecular weight excluding hydrogens is 404 g/mol. The van der Waals surface area contributed by atoms with Crippen molar-refractivity contribution < 1.29 is 4.79 Å². The van der Waals surface area contributed by atoms with Crippen LogP contribution in [0.25, 0.3) is 11.0 Å². The van der Waals surface area contributed by atoms with E-state index in [1.807, 2.05) is 45.9 Å².